The number of allylic oxidation sites excluding steroid dienone is 3. The van der Waals surface area contributed by atoms with E-state index >= 15 is 0 Å². The van der Waals surface area contributed by atoms with E-state index in [4.69, 9.17) is 14.5 Å². The molecule has 0 bridgehead atoms. The van der Waals surface area contributed by atoms with Crippen molar-refractivity contribution in [3.8, 4) is 16.9 Å². The highest BCUT2D eigenvalue weighted by atomic mass is 32.1. The fourth-order valence-corrected chi connectivity index (χ4v) is 4.86. The molecule has 206 valence electrons. The minimum atomic E-state index is -4.86. The van der Waals surface area contributed by atoms with E-state index in [0.29, 0.717) is 28.8 Å². The fraction of sp³-hybridized carbons (Fsp3) is 0.379. The van der Waals surface area contributed by atoms with Crippen LogP contribution >= 0.6 is 11.3 Å². The molecule has 6 nitrogen and oxygen atoms in total. The first kappa shape index (κ1) is 28.3. The minimum Gasteiger partial charge on any atom is -0.493 e. The number of fused-ring (bicyclic) bond motifs is 1. The van der Waals surface area contributed by atoms with E-state index in [2.05, 4.69) is 44.6 Å². The first-order valence-electron chi connectivity index (χ1n) is 12.3. The number of aromatic nitrogens is 2. The maximum absolute atomic E-state index is 13.6. The van der Waals surface area contributed by atoms with Crippen molar-refractivity contribution in [1.82, 2.24) is 9.38 Å². The van der Waals surface area contributed by atoms with Crippen LogP contribution in [0.3, 0.4) is 0 Å². The number of methoxy groups -OCH3 is 1. The Morgan fingerprint density at radius 1 is 1.21 bits per heavy atom. The van der Waals surface area contributed by atoms with Crippen LogP contribution in [-0.2, 0) is 9.47 Å². The lowest BCUT2D eigenvalue weighted by molar-refractivity contribution is -0.274. The van der Waals surface area contributed by atoms with Crippen LogP contribution in [0.4, 0.5) is 13.2 Å². The van der Waals surface area contributed by atoms with Crippen LogP contribution in [0, 0.1) is 30.4 Å². The van der Waals surface area contributed by atoms with Crippen molar-refractivity contribution >= 4 is 22.4 Å². The second-order valence-electron chi connectivity index (χ2n) is 10.5. The summed E-state index contributed by atoms with van der Waals surface area (Å²) >= 11 is 1.36. The molecule has 1 aliphatic rings. The third kappa shape index (κ3) is 6.66. The van der Waals surface area contributed by atoms with Crippen LogP contribution in [0.15, 0.2) is 52.4 Å². The first-order chi connectivity index (χ1) is 18.3. The summed E-state index contributed by atoms with van der Waals surface area (Å²) < 4.78 is 55.0. The predicted molar refractivity (Wildman–Crippen MR) is 144 cm³/mol. The highest BCUT2D eigenvalue weighted by Crippen LogP contribution is 2.34. The monoisotopic (exact) mass is 558 g/mol. The molecule has 0 radical (unpaired) electrons. The predicted octanol–water partition coefficient (Wildman–Crippen LogP) is 7.13. The van der Waals surface area contributed by atoms with Gasteiger partial charge in [-0.2, -0.15) is 0 Å². The molecule has 0 saturated heterocycles. The summed E-state index contributed by atoms with van der Waals surface area (Å²) in [5, 5.41) is 0. The van der Waals surface area contributed by atoms with Crippen molar-refractivity contribution < 1.29 is 27.4 Å². The molecule has 0 N–H and O–H groups in total. The van der Waals surface area contributed by atoms with E-state index in [1.54, 1.807) is 19.4 Å². The van der Waals surface area contributed by atoms with Crippen molar-refractivity contribution in [3.63, 3.8) is 0 Å². The van der Waals surface area contributed by atoms with Gasteiger partial charge in [-0.15, -0.1) is 24.5 Å². The second-order valence-corrected chi connectivity index (χ2v) is 11.7. The van der Waals surface area contributed by atoms with Gasteiger partial charge in [0.1, 0.15) is 0 Å². The maximum Gasteiger partial charge on any atom is 0.573 e. The molecule has 1 aliphatic carbocycles. The lowest BCUT2D eigenvalue weighted by Crippen LogP contribution is -2.19. The molecule has 39 heavy (non-hydrogen) atoms. The average molecular weight is 559 g/mol. The number of thiazole rings is 1. The van der Waals surface area contributed by atoms with Gasteiger partial charge in [-0.1, -0.05) is 39.8 Å². The number of hydrogen-bond donors (Lipinski definition) is 0. The Morgan fingerprint density at radius 3 is 2.56 bits per heavy atom. The number of hydrogen-bond acceptors (Lipinski definition) is 6. The van der Waals surface area contributed by atoms with Gasteiger partial charge in [0.15, 0.2) is 22.2 Å². The number of nitrogens with zero attached hydrogens (tertiary/aromatic N) is 2. The summed E-state index contributed by atoms with van der Waals surface area (Å²) in [6.45, 7) is 10.6. The van der Waals surface area contributed by atoms with Crippen LogP contribution in [0.2, 0.25) is 0 Å². The summed E-state index contributed by atoms with van der Waals surface area (Å²) in [6, 6.07) is 7.42. The van der Waals surface area contributed by atoms with E-state index in [1.165, 1.54) is 21.8 Å². The highest BCUT2D eigenvalue weighted by molar-refractivity contribution is 7.16. The molecule has 2 aromatic heterocycles. The normalized spacial score (nSPS) is 16.4. The van der Waals surface area contributed by atoms with Gasteiger partial charge in [-0.25, -0.2) is 4.98 Å². The lowest BCUT2D eigenvalue weighted by atomic mass is 9.90. The number of rotatable bonds is 7. The van der Waals surface area contributed by atoms with E-state index < -0.39 is 12.1 Å². The Labute approximate surface area is 229 Å². The summed E-state index contributed by atoms with van der Waals surface area (Å²) in [7, 11) is 1.59. The number of halogens is 3. The molecule has 0 aliphatic heterocycles. The molecule has 1 unspecified atom stereocenters. The third-order valence-electron chi connectivity index (χ3n) is 5.85. The van der Waals surface area contributed by atoms with Gasteiger partial charge in [0.25, 0.3) is 5.56 Å². The molecular weight excluding hydrogens is 529 g/mol. The van der Waals surface area contributed by atoms with Crippen molar-refractivity contribution in [2.45, 2.75) is 47.4 Å². The Hall–Kier alpha value is -3.71. The molecule has 1 atom stereocenters. The van der Waals surface area contributed by atoms with Crippen molar-refractivity contribution in [1.29, 1.82) is 0 Å². The third-order valence-corrected chi connectivity index (χ3v) is 6.75. The van der Waals surface area contributed by atoms with E-state index in [1.807, 2.05) is 19.1 Å². The number of aryl methyl sites for hydroxylation is 1. The van der Waals surface area contributed by atoms with Crippen LogP contribution in [0.1, 0.15) is 44.7 Å². The largest absolute Gasteiger partial charge is 0.573 e. The zero-order valence-corrected chi connectivity index (χ0v) is 23.3. The van der Waals surface area contributed by atoms with E-state index in [9.17, 15) is 18.0 Å². The number of ether oxygens (including phenoxy) is 3. The van der Waals surface area contributed by atoms with Gasteiger partial charge in [0.2, 0.25) is 0 Å². The van der Waals surface area contributed by atoms with Crippen molar-refractivity contribution in [2.75, 3.05) is 13.7 Å². The van der Waals surface area contributed by atoms with E-state index in [-0.39, 0.29) is 28.0 Å². The summed E-state index contributed by atoms with van der Waals surface area (Å²) in [4.78, 5) is 19.6. The SMILES string of the molecule is COC1=CCC(C)C(/C=C/c2nc3sc(C)cn3c(=O)c2-c2c#cc(OC(F)(F)F)cc2)=C1OCC(C)(C)C. The van der Waals surface area contributed by atoms with E-state index in [0.717, 1.165) is 22.9 Å². The van der Waals surface area contributed by atoms with Gasteiger partial charge in [-0.3, -0.25) is 9.20 Å². The number of alkyl halides is 3. The Morgan fingerprint density at radius 2 is 1.95 bits per heavy atom. The molecule has 0 saturated carbocycles. The molecule has 0 spiro atoms. The fourth-order valence-electron chi connectivity index (χ4n) is 4.04. The molecule has 0 fully saturated rings. The van der Waals surface area contributed by atoms with Gasteiger partial charge >= 0.3 is 6.36 Å². The standard InChI is InChI=1S/C29H29F3N2O4S/c1-17-7-14-23(36-6)25(37-16-28(3,4)5)21(17)12-13-22-24(26(35)34-15-18(2)39-27(34)33-22)19-8-10-20(11-9-19)38-29(30,31)32/h8,10,12-15,17H,7,16H2,1-6H3/b13-12+. The van der Waals surface area contributed by atoms with Crippen molar-refractivity contribution in [3.05, 3.63) is 80.6 Å². The Kier molecular flexibility index (Phi) is 7.84. The molecule has 4 rings (SSSR count). The molecule has 2 heterocycles. The quantitative estimate of drug-likeness (QED) is 0.309. The Balaban J connectivity index is 1.84. The zero-order chi connectivity index (χ0) is 28.5. The first-order valence-corrected chi connectivity index (χ1v) is 13.1. The van der Waals surface area contributed by atoms with Gasteiger partial charge in [0.05, 0.1) is 25.0 Å². The second kappa shape index (κ2) is 10.8. The molecule has 0 amide bonds. The van der Waals surface area contributed by atoms with Crippen LogP contribution in [-0.4, -0.2) is 29.5 Å². The topological polar surface area (TPSA) is 62.1 Å². The van der Waals surface area contributed by atoms with Gasteiger partial charge in [-0.05, 0) is 55.0 Å². The lowest BCUT2D eigenvalue weighted by Gasteiger charge is -2.27. The molecule has 10 heteroatoms. The molecule has 3 aromatic rings. The minimum absolute atomic E-state index is 0.0822. The van der Waals surface area contributed by atoms with Crippen LogP contribution in [0.25, 0.3) is 22.2 Å². The molecular formula is C29H29F3N2O4S. The van der Waals surface area contributed by atoms with Gasteiger partial charge in [0, 0.05) is 22.2 Å². The average Bonchev–Trinajstić information content (AvgIpc) is 3.22. The smallest absolute Gasteiger partial charge is 0.493 e. The maximum atomic E-state index is 13.6. The zero-order valence-electron chi connectivity index (χ0n) is 22.5. The van der Waals surface area contributed by atoms with Crippen LogP contribution < -0.4 is 10.3 Å². The Bertz CT molecular complexity index is 1510. The molecule has 1 aromatic carbocycles. The summed E-state index contributed by atoms with van der Waals surface area (Å²) in [5.74, 6) is 0.815. The highest BCUT2D eigenvalue weighted by Gasteiger charge is 2.31. The summed E-state index contributed by atoms with van der Waals surface area (Å²) in [6.07, 6.45) is 3.14. The van der Waals surface area contributed by atoms with Crippen molar-refractivity contribution in [2.24, 2.45) is 11.3 Å². The van der Waals surface area contributed by atoms with Crippen LogP contribution in [0.5, 0.6) is 5.75 Å². The van der Waals surface area contributed by atoms with Gasteiger partial charge < -0.3 is 14.2 Å². The summed E-state index contributed by atoms with van der Waals surface area (Å²) in [5.41, 5.74) is 1.21.